The van der Waals surface area contributed by atoms with E-state index in [1.165, 1.54) is 12.1 Å². The highest BCUT2D eigenvalue weighted by molar-refractivity contribution is 7.92. The summed E-state index contributed by atoms with van der Waals surface area (Å²) in [5.41, 5.74) is 0.170. The minimum Gasteiger partial charge on any atom is -0.337 e. The summed E-state index contributed by atoms with van der Waals surface area (Å²) in [7, 11) is -4.41. The van der Waals surface area contributed by atoms with Crippen LogP contribution in [0.5, 0.6) is 0 Å². The molecule has 2 aromatic carbocycles. The van der Waals surface area contributed by atoms with E-state index in [0.717, 1.165) is 25.1 Å². The topological polar surface area (TPSA) is 78.5 Å². The van der Waals surface area contributed by atoms with Gasteiger partial charge >= 0.3 is 0 Å². The van der Waals surface area contributed by atoms with E-state index in [-0.39, 0.29) is 17.2 Å². The third kappa shape index (κ3) is 4.42. The number of amides is 1. The number of hydrogen-bond donors (Lipinski definition) is 2. The van der Waals surface area contributed by atoms with Crippen LogP contribution in [-0.4, -0.2) is 45.4 Å². The smallest absolute Gasteiger partial charge is 0.264 e. The molecule has 0 unspecified atom stereocenters. The fraction of sp³-hybridized carbons (Fsp3) is 0.278. The summed E-state index contributed by atoms with van der Waals surface area (Å²) in [6.07, 6.45) is 0.786. The molecule has 0 radical (unpaired) electrons. The zero-order chi connectivity index (χ0) is 19.4. The average molecular weight is 395 g/mol. The number of sulfonamides is 1. The van der Waals surface area contributed by atoms with Gasteiger partial charge in [-0.05, 0) is 43.3 Å². The predicted molar refractivity (Wildman–Crippen MR) is 97.0 cm³/mol. The van der Waals surface area contributed by atoms with Crippen molar-refractivity contribution in [3.8, 4) is 0 Å². The molecule has 1 aliphatic rings. The number of halogens is 2. The molecule has 0 bridgehead atoms. The lowest BCUT2D eigenvalue weighted by molar-refractivity contribution is 0.0767. The molecule has 1 aliphatic heterocycles. The Morgan fingerprint density at radius 2 is 1.85 bits per heavy atom. The second-order valence-corrected chi connectivity index (χ2v) is 7.77. The summed E-state index contributed by atoms with van der Waals surface area (Å²) in [6, 6.07) is 8.26. The van der Waals surface area contributed by atoms with E-state index in [1.807, 2.05) is 0 Å². The molecule has 1 heterocycles. The lowest BCUT2D eigenvalue weighted by Crippen LogP contribution is -2.34. The monoisotopic (exact) mass is 395 g/mol. The molecular formula is C18H19F2N3O3S. The summed E-state index contributed by atoms with van der Waals surface area (Å²) in [5.74, 6) is -2.28. The van der Waals surface area contributed by atoms with E-state index in [2.05, 4.69) is 10.0 Å². The quantitative estimate of drug-likeness (QED) is 0.832. The van der Waals surface area contributed by atoms with Gasteiger partial charge in [0.15, 0.2) is 0 Å². The van der Waals surface area contributed by atoms with Gasteiger partial charge in [0.25, 0.3) is 15.9 Å². The third-order valence-electron chi connectivity index (χ3n) is 4.21. The Bertz CT molecular complexity index is 943. The van der Waals surface area contributed by atoms with Gasteiger partial charge < -0.3 is 10.2 Å². The van der Waals surface area contributed by atoms with Crippen molar-refractivity contribution in [3.05, 3.63) is 59.7 Å². The molecule has 0 aliphatic carbocycles. The van der Waals surface area contributed by atoms with Crippen molar-refractivity contribution in [2.45, 2.75) is 11.3 Å². The molecule has 2 N–H and O–H groups in total. The van der Waals surface area contributed by atoms with Crippen LogP contribution >= 0.6 is 0 Å². The molecule has 0 spiro atoms. The molecule has 1 saturated heterocycles. The summed E-state index contributed by atoms with van der Waals surface area (Å²) in [6.45, 7) is 2.49. The molecule has 1 amide bonds. The number of carbonyl (C=O) groups excluding carboxylic acids is 1. The predicted octanol–water partition coefficient (Wildman–Crippen LogP) is 2.20. The van der Waals surface area contributed by atoms with Crippen LogP contribution in [0.4, 0.5) is 14.5 Å². The lowest BCUT2D eigenvalue weighted by atomic mass is 10.1. The molecule has 0 aromatic heterocycles. The first-order chi connectivity index (χ1) is 12.9. The van der Waals surface area contributed by atoms with Crippen molar-refractivity contribution in [2.75, 3.05) is 30.9 Å². The number of para-hydroxylation sites is 1. The number of hydrogen-bond acceptors (Lipinski definition) is 4. The van der Waals surface area contributed by atoms with Gasteiger partial charge in [0, 0.05) is 19.6 Å². The van der Waals surface area contributed by atoms with Crippen LogP contribution in [-0.2, 0) is 10.0 Å². The van der Waals surface area contributed by atoms with Gasteiger partial charge in [-0.3, -0.25) is 9.52 Å². The van der Waals surface area contributed by atoms with Crippen molar-refractivity contribution in [1.82, 2.24) is 10.2 Å². The van der Waals surface area contributed by atoms with Gasteiger partial charge in [0.1, 0.15) is 16.5 Å². The molecule has 0 saturated carbocycles. The van der Waals surface area contributed by atoms with Crippen molar-refractivity contribution in [2.24, 2.45) is 0 Å². The number of anilines is 1. The second kappa shape index (κ2) is 8.01. The number of nitrogens with zero attached hydrogens (tertiary/aromatic N) is 1. The third-order valence-corrected chi connectivity index (χ3v) is 5.59. The van der Waals surface area contributed by atoms with Gasteiger partial charge in [-0.25, -0.2) is 17.2 Å². The van der Waals surface area contributed by atoms with Crippen LogP contribution in [0.15, 0.2) is 47.4 Å². The van der Waals surface area contributed by atoms with E-state index in [1.54, 1.807) is 17.0 Å². The highest BCUT2D eigenvalue weighted by Crippen LogP contribution is 2.23. The first-order valence-electron chi connectivity index (χ1n) is 8.45. The van der Waals surface area contributed by atoms with Gasteiger partial charge in [0.05, 0.1) is 11.3 Å². The molecule has 144 valence electrons. The van der Waals surface area contributed by atoms with Crippen LogP contribution in [0.3, 0.4) is 0 Å². The Morgan fingerprint density at radius 3 is 2.67 bits per heavy atom. The molecule has 9 heteroatoms. The Balaban J connectivity index is 1.92. The van der Waals surface area contributed by atoms with Crippen LogP contribution in [0.1, 0.15) is 16.8 Å². The molecule has 6 nitrogen and oxygen atoms in total. The average Bonchev–Trinajstić information content (AvgIpc) is 2.92. The number of nitrogens with one attached hydrogen (secondary N) is 2. The Labute approximate surface area is 156 Å². The van der Waals surface area contributed by atoms with E-state index < -0.39 is 26.6 Å². The van der Waals surface area contributed by atoms with Crippen LogP contribution in [0.2, 0.25) is 0 Å². The molecule has 2 aromatic rings. The Morgan fingerprint density at radius 1 is 1.07 bits per heavy atom. The maximum Gasteiger partial charge on any atom is 0.264 e. The lowest BCUT2D eigenvalue weighted by Gasteiger charge is -2.22. The van der Waals surface area contributed by atoms with E-state index in [9.17, 15) is 22.0 Å². The minimum atomic E-state index is -4.41. The summed E-state index contributed by atoms with van der Waals surface area (Å²) < 4.78 is 54.5. The normalized spacial score (nSPS) is 15.3. The van der Waals surface area contributed by atoms with Gasteiger partial charge in [-0.1, -0.05) is 12.1 Å². The largest absolute Gasteiger partial charge is 0.337 e. The highest BCUT2D eigenvalue weighted by Gasteiger charge is 2.24. The first-order valence-corrected chi connectivity index (χ1v) is 9.94. The minimum absolute atomic E-state index is 0.0170. The zero-order valence-electron chi connectivity index (χ0n) is 14.4. The standard InChI is InChI=1S/C18H19F2N3O3S/c19-13-6-7-15(20)17(12-13)27(25,26)22-16-5-2-1-4-14(16)18(24)23-10-3-8-21-9-11-23/h1-2,4-7,12,21-22H,3,8-11H2. The van der Waals surface area contributed by atoms with Gasteiger partial charge in [-0.15, -0.1) is 0 Å². The summed E-state index contributed by atoms with van der Waals surface area (Å²) >= 11 is 0. The first kappa shape index (κ1) is 19.2. The molecule has 0 atom stereocenters. The van der Waals surface area contributed by atoms with Crippen LogP contribution < -0.4 is 10.0 Å². The van der Waals surface area contributed by atoms with Crippen LogP contribution in [0.25, 0.3) is 0 Å². The fourth-order valence-electron chi connectivity index (χ4n) is 2.86. The maximum absolute atomic E-state index is 13.9. The highest BCUT2D eigenvalue weighted by atomic mass is 32.2. The molecular weight excluding hydrogens is 376 g/mol. The molecule has 3 rings (SSSR count). The summed E-state index contributed by atoms with van der Waals surface area (Å²) in [4.78, 5) is 13.7. The second-order valence-electron chi connectivity index (χ2n) is 6.12. The maximum atomic E-state index is 13.9. The van der Waals surface area contributed by atoms with Crippen molar-refractivity contribution in [3.63, 3.8) is 0 Å². The van der Waals surface area contributed by atoms with Crippen molar-refractivity contribution in [1.29, 1.82) is 0 Å². The Hall–Kier alpha value is -2.52. The summed E-state index contributed by atoms with van der Waals surface area (Å²) in [5, 5.41) is 3.19. The van der Waals surface area contributed by atoms with Gasteiger partial charge in [0.2, 0.25) is 0 Å². The molecule has 27 heavy (non-hydrogen) atoms. The number of benzene rings is 2. The Kier molecular flexibility index (Phi) is 5.71. The zero-order valence-corrected chi connectivity index (χ0v) is 15.2. The van der Waals surface area contributed by atoms with Crippen molar-refractivity contribution >= 4 is 21.6 Å². The van der Waals surface area contributed by atoms with Gasteiger partial charge in [-0.2, -0.15) is 0 Å². The van der Waals surface area contributed by atoms with Crippen LogP contribution in [0, 0.1) is 11.6 Å². The fourth-order valence-corrected chi connectivity index (χ4v) is 4.03. The van der Waals surface area contributed by atoms with E-state index >= 15 is 0 Å². The number of rotatable bonds is 4. The van der Waals surface area contributed by atoms with E-state index in [0.29, 0.717) is 25.7 Å². The van der Waals surface area contributed by atoms with Crippen molar-refractivity contribution < 1.29 is 22.0 Å². The molecule has 1 fully saturated rings. The van der Waals surface area contributed by atoms with E-state index in [4.69, 9.17) is 0 Å². The number of carbonyl (C=O) groups is 1. The SMILES string of the molecule is O=C(c1ccccc1NS(=O)(=O)c1cc(F)ccc1F)N1CCCNCC1.